The second kappa shape index (κ2) is 6.86. The molecule has 0 aliphatic carbocycles. The molecule has 1 heterocycles. The fourth-order valence-electron chi connectivity index (χ4n) is 2.19. The van der Waals surface area contributed by atoms with E-state index in [1.165, 1.54) is 36.4 Å². The number of imide groups is 1. The van der Waals surface area contributed by atoms with Crippen LogP contribution in [0.2, 0.25) is 0 Å². The maximum atomic E-state index is 13.7. The van der Waals surface area contributed by atoms with Crippen molar-refractivity contribution >= 4 is 44.9 Å². The van der Waals surface area contributed by atoms with Crippen LogP contribution in [0.3, 0.4) is 0 Å². The third-order valence-corrected chi connectivity index (χ3v) is 4.92. The molecular weight excluding hydrogens is 400 g/mol. The molecule has 2 amide bonds. The molecule has 2 aromatic rings. The standard InChI is InChI=1S/C17H10BrF2NO2S/c18-12-7-10(5-6-14(12)20)8-15-16(22)21(17(23)24-15)9-11-3-1-2-4-13(11)19/h1-8H,9H2/b15-8-. The lowest BCUT2D eigenvalue weighted by Gasteiger charge is -2.12. The highest BCUT2D eigenvalue weighted by molar-refractivity contribution is 9.10. The molecule has 1 aliphatic heterocycles. The van der Waals surface area contributed by atoms with Gasteiger partial charge in [-0.05, 0) is 57.5 Å². The first-order chi connectivity index (χ1) is 11.5. The van der Waals surface area contributed by atoms with E-state index in [-0.39, 0.29) is 21.5 Å². The lowest BCUT2D eigenvalue weighted by molar-refractivity contribution is -0.123. The molecule has 2 aromatic carbocycles. The molecule has 1 saturated heterocycles. The van der Waals surface area contributed by atoms with Crippen molar-refractivity contribution in [3.8, 4) is 0 Å². The number of benzene rings is 2. The molecule has 7 heteroatoms. The number of hydrogen-bond acceptors (Lipinski definition) is 3. The molecular formula is C17H10BrF2NO2S. The fourth-order valence-corrected chi connectivity index (χ4v) is 3.42. The van der Waals surface area contributed by atoms with E-state index < -0.39 is 22.8 Å². The molecule has 122 valence electrons. The lowest BCUT2D eigenvalue weighted by Crippen LogP contribution is -2.27. The highest BCUT2D eigenvalue weighted by Crippen LogP contribution is 2.34. The van der Waals surface area contributed by atoms with Gasteiger partial charge >= 0.3 is 0 Å². The van der Waals surface area contributed by atoms with E-state index in [9.17, 15) is 18.4 Å². The Morgan fingerprint density at radius 1 is 1.08 bits per heavy atom. The molecule has 0 atom stereocenters. The zero-order valence-corrected chi connectivity index (χ0v) is 14.5. The molecule has 3 nitrogen and oxygen atoms in total. The van der Waals surface area contributed by atoms with Gasteiger partial charge in [0.05, 0.1) is 15.9 Å². The van der Waals surface area contributed by atoms with Crippen LogP contribution in [0.1, 0.15) is 11.1 Å². The Morgan fingerprint density at radius 2 is 1.83 bits per heavy atom. The Kier molecular flexibility index (Phi) is 4.82. The summed E-state index contributed by atoms with van der Waals surface area (Å²) in [6, 6.07) is 10.3. The summed E-state index contributed by atoms with van der Waals surface area (Å²) < 4.78 is 27.2. The number of amides is 2. The highest BCUT2D eigenvalue weighted by Gasteiger charge is 2.35. The van der Waals surface area contributed by atoms with Gasteiger partial charge < -0.3 is 0 Å². The lowest BCUT2D eigenvalue weighted by atomic mass is 10.2. The Labute approximate surface area is 149 Å². The van der Waals surface area contributed by atoms with Crippen LogP contribution in [0.4, 0.5) is 13.6 Å². The van der Waals surface area contributed by atoms with E-state index >= 15 is 0 Å². The van der Waals surface area contributed by atoms with Gasteiger partial charge in [-0.25, -0.2) is 8.78 Å². The van der Waals surface area contributed by atoms with Crippen LogP contribution in [-0.4, -0.2) is 16.0 Å². The quantitative estimate of drug-likeness (QED) is 0.671. The zero-order valence-electron chi connectivity index (χ0n) is 12.1. The molecule has 0 spiro atoms. The highest BCUT2D eigenvalue weighted by atomic mass is 79.9. The van der Waals surface area contributed by atoms with E-state index in [1.54, 1.807) is 12.1 Å². The molecule has 0 aromatic heterocycles. The number of halogens is 3. The average molecular weight is 410 g/mol. The van der Waals surface area contributed by atoms with Gasteiger partial charge in [0.25, 0.3) is 11.1 Å². The van der Waals surface area contributed by atoms with Gasteiger partial charge in [0, 0.05) is 5.56 Å². The van der Waals surface area contributed by atoms with Gasteiger partial charge in [0.2, 0.25) is 0 Å². The van der Waals surface area contributed by atoms with Crippen molar-refractivity contribution in [3.05, 3.63) is 74.6 Å². The Morgan fingerprint density at radius 3 is 2.54 bits per heavy atom. The summed E-state index contributed by atoms with van der Waals surface area (Å²) in [6.45, 7) is -0.123. The minimum Gasteiger partial charge on any atom is -0.268 e. The summed E-state index contributed by atoms with van der Waals surface area (Å²) in [5.41, 5.74) is 0.852. The van der Waals surface area contributed by atoms with E-state index in [1.807, 2.05) is 0 Å². The monoisotopic (exact) mass is 409 g/mol. The third kappa shape index (κ3) is 3.42. The molecule has 3 rings (SSSR count). The minimum absolute atomic E-state index is 0.123. The van der Waals surface area contributed by atoms with Gasteiger partial charge in [-0.15, -0.1) is 0 Å². The second-order valence-corrected chi connectivity index (χ2v) is 6.88. The van der Waals surface area contributed by atoms with Crippen LogP contribution in [0.25, 0.3) is 6.08 Å². The third-order valence-electron chi connectivity index (χ3n) is 3.40. The smallest absolute Gasteiger partial charge is 0.268 e. The van der Waals surface area contributed by atoms with Crippen molar-refractivity contribution in [2.24, 2.45) is 0 Å². The molecule has 0 N–H and O–H groups in total. The number of thioether (sulfide) groups is 1. The molecule has 1 fully saturated rings. The first-order valence-electron chi connectivity index (χ1n) is 6.89. The van der Waals surface area contributed by atoms with Crippen molar-refractivity contribution in [1.82, 2.24) is 4.90 Å². The summed E-state index contributed by atoms with van der Waals surface area (Å²) in [4.78, 5) is 25.7. The van der Waals surface area contributed by atoms with Crippen LogP contribution < -0.4 is 0 Å². The number of rotatable bonds is 3. The summed E-state index contributed by atoms with van der Waals surface area (Å²) in [5.74, 6) is -1.38. The summed E-state index contributed by atoms with van der Waals surface area (Å²) in [6.07, 6.45) is 1.51. The van der Waals surface area contributed by atoms with E-state index in [0.717, 1.165) is 16.7 Å². The van der Waals surface area contributed by atoms with Gasteiger partial charge in [0.1, 0.15) is 11.6 Å². The summed E-state index contributed by atoms with van der Waals surface area (Å²) in [7, 11) is 0. The van der Waals surface area contributed by atoms with Crippen LogP contribution >= 0.6 is 27.7 Å². The molecule has 24 heavy (non-hydrogen) atoms. The van der Waals surface area contributed by atoms with Crippen molar-refractivity contribution < 1.29 is 18.4 Å². The van der Waals surface area contributed by atoms with E-state index in [2.05, 4.69) is 15.9 Å². The topological polar surface area (TPSA) is 37.4 Å². The SMILES string of the molecule is O=C1S/C(=C\c2ccc(F)c(Br)c2)C(=O)N1Cc1ccccc1F. The first kappa shape index (κ1) is 16.9. The van der Waals surface area contributed by atoms with E-state index in [0.29, 0.717) is 5.56 Å². The Hall–Kier alpha value is -1.99. The van der Waals surface area contributed by atoms with Crippen molar-refractivity contribution in [1.29, 1.82) is 0 Å². The predicted molar refractivity (Wildman–Crippen MR) is 92.0 cm³/mol. The average Bonchev–Trinajstić information content (AvgIpc) is 2.80. The van der Waals surface area contributed by atoms with Crippen LogP contribution in [0, 0.1) is 11.6 Å². The molecule has 0 unspecified atom stereocenters. The zero-order chi connectivity index (χ0) is 17.3. The maximum absolute atomic E-state index is 13.7. The van der Waals surface area contributed by atoms with Gasteiger partial charge in [-0.1, -0.05) is 24.3 Å². The summed E-state index contributed by atoms with van der Waals surface area (Å²) >= 11 is 3.85. The second-order valence-electron chi connectivity index (χ2n) is 5.03. The van der Waals surface area contributed by atoms with Gasteiger partial charge in [0.15, 0.2) is 0 Å². The molecule has 1 aliphatic rings. The largest absolute Gasteiger partial charge is 0.293 e. The van der Waals surface area contributed by atoms with E-state index in [4.69, 9.17) is 0 Å². The van der Waals surface area contributed by atoms with Gasteiger partial charge in [-0.2, -0.15) is 0 Å². The minimum atomic E-state index is -0.492. The summed E-state index contributed by atoms with van der Waals surface area (Å²) in [5, 5.41) is -0.462. The van der Waals surface area contributed by atoms with Crippen LogP contribution in [0.15, 0.2) is 51.8 Å². The predicted octanol–water partition coefficient (Wildman–Crippen LogP) is 4.96. The van der Waals surface area contributed by atoms with Crippen molar-refractivity contribution in [3.63, 3.8) is 0 Å². The molecule has 0 bridgehead atoms. The Bertz CT molecular complexity index is 869. The van der Waals surface area contributed by atoms with Crippen LogP contribution in [-0.2, 0) is 11.3 Å². The number of carbonyl (C=O) groups excluding carboxylic acids is 2. The first-order valence-corrected chi connectivity index (χ1v) is 8.50. The number of carbonyl (C=O) groups is 2. The molecule has 0 saturated carbocycles. The van der Waals surface area contributed by atoms with Crippen molar-refractivity contribution in [2.75, 3.05) is 0 Å². The van der Waals surface area contributed by atoms with Gasteiger partial charge in [-0.3, -0.25) is 14.5 Å². The normalized spacial score (nSPS) is 16.3. The fraction of sp³-hybridized carbons (Fsp3) is 0.0588. The Balaban J connectivity index is 1.84. The number of hydrogen-bond donors (Lipinski definition) is 0. The van der Waals surface area contributed by atoms with Crippen LogP contribution in [0.5, 0.6) is 0 Å². The molecule has 0 radical (unpaired) electrons. The maximum Gasteiger partial charge on any atom is 0.293 e. The number of nitrogens with zero attached hydrogens (tertiary/aromatic N) is 1. The van der Waals surface area contributed by atoms with Crippen molar-refractivity contribution in [2.45, 2.75) is 6.54 Å².